The Morgan fingerprint density at radius 2 is 1.82 bits per heavy atom. The van der Waals surface area contributed by atoms with Crippen LogP contribution in [0.2, 0.25) is 5.02 Å². The molecule has 33 heavy (non-hydrogen) atoms. The molecule has 2 amide bonds. The van der Waals surface area contributed by atoms with Gasteiger partial charge in [0.1, 0.15) is 5.82 Å². The Labute approximate surface area is 204 Å². The molecular weight excluding hydrogens is 483 g/mol. The van der Waals surface area contributed by atoms with Gasteiger partial charge < -0.3 is 15.1 Å². The lowest BCUT2D eigenvalue weighted by atomic mass is 10.2. The van der Waals surface area contributed by atoms with Crippen LogP contribution < -0.4 is 10.2 Å². The molecule has 3 aromatic rings. The average Bonchev–Trinajstić information content (AvgIpc) is 3.27. The monoisotopic (exact) mass is 504 g/mol. The van der Waals surface area contributed by atoms with Crippen LogP contribution in [-0.4, -0.2) is 53.6 Å². The van der Waals surface area contributed by atoms with Crippen LogP contribution in [0.25, 0.3) is 0 Å². The third-order valence-electron chi connectivity index (χ3n) is 5.14. The fourth-order valence-corrected chi connectivity index (χ4v) is 5.37. The lowest BCUT2D eigenvalue weighted by Gasteiger charge is -2.36. The number of amides is 2. The molecule has 6 nitrogen and oxygen atoms in total. The third-order valence-corrected chi connectivity index (χ3v) is 7.53. The van der Waals surface area contributed by atoms with Crippen LogP contribution >= 0.6 is 34.7 Å². The number of anilines is 2. The molecule has 0 atom stereocenters. The fourth-order valence-electron chi connectivity index (χ4n) is 3.47. The van der Waals surface area contributed by atoms with E-state index >= 15 is 0 Å². The second kappa shape index (κ2) is 11.0. The Morgan fingerprint density at radius 3 is 2.55 bits per heavy atom. The van der Waals surface area contributed by atoms with Gasteiger partial charge >= 0.3 is 0 Å². The van der Waals surface area contributed by atoms with E-state index in [4.69, 9.17) is 11.6 Å². The predicted octanol–water partition coefficient (Wildman–Crippen LogP) is 4.56. The topological polar surface area (TPSA) is 65.5 Å². The van der Waals surface area contributed by atoms with Crippen LogP contribution in [-0.2, 0) is 16.0 Å². The molecule has 1 saturated heterocycles. The third kappa shape index (κ3) is 6.46. The van der Waals surface area contributed by atoms with Gasteiger partial charge in [0.05, 0.1) is 28.6 Å². The molecule has 10 heteroatoms. The predicted molar refractivity (Wildman–Crippen MR) is 132 cm³/mol. The number of nitrogens with zero attached hydrogens (tertiary/aromatic N) is 3. The molecule has 0 unspecified atom stereocenters. The summed E-state index contributed by atoms with van der Waals surface area (Å²) in [6, 6.07) is 13.4. The Hall–Kier alpha value is -2.62. The van der Waals surface area contributed by atoms with E-state index in [2.05, 4.69) is 15.2 Å². The van der Waals surface area contributed by atoms with Crippen LogP contribution in [0.4, 0.5) is 15.8 Å². The molecule has 172 valence electrons. The second-order valence-electron chi connectivity index (χ2n) is 7.44. The fraction of sp³-hybridized carbons (Fsp3) is 0.261. The van der Waals surface area contributed by atoms with Gasteiger partial charge in [0.15, 0.2) is 4.34 Å². The minimum Gasteiger partial charge on any atom is -0.367 e. The number of benzene rings is 2. The Morgan fingerprint density at radius 1 is 1.09 bits per heavy atom. The van der Waals surface area contributed by atoms with Crippen LogP contribution in [0, 0.1) is 5.82 Å². The van der Waals surface area contributed by atoms with E-state index in [9.17, 15) is 14.0 Å². The first kappa shape index (κ1) is 23.5. The Bertz CT molecular complexity index is 1120. The average molecular weight is 505 g/mol. The number of rotatable bonds is 7. The van der Waals surface area contributed by atoms with Crippen molar-refractivity contribution in [3.8, 4) is 0 Å². The molecule has 0 saturated carbocycles. The van der Waals surface area contributed by atoms with Gasteiger partial charge in [-0.05, 0) is 36.4 Å². The number of para-hydroxylation sites is 1. The zero-order valence-corrected chi connectivity index (χ0v) is 20.1. The van der Waals surface area contributed by atoms with E-state index in [1.54, 1.807) is 0 Å². The summed E-state index contributed by atoms with van der Waals surface area (Å²) >= 11 is 9.01. The first-order chi connectivity index (χ1) is 16.0. The molecule has 2 aromatic carbocycles. The molecule has 1 N–H and O–H groups in total. The number of hydrogen-bond acceptors (Lipinski definition) is 6. The van der Waals surface area contributed by atoms with Gasteiger partial charge in [-0.2, -0.15) is 0 Å². The van der Waals surface area contributed by atoms with Gasteiger partial charge in [-0.1, -0.05) is 35.5 Å². The van der Waals surface area contributed by atoms with Crippen molar-refractivity contribution < 1.29 is 14.0 Å². The zero-order chi connectivity index (χ0) is 23.2. The minimum absolute atomic E-state index is 0.0460. The number of carbonyl (C=O) groups excluding carboxylic acids is 2. The maximum atomic E-state index is 12.9. The summed E-state index contributed by atoms with van der Waals surface area (Å²) in [6.07, 6.45) is 0.241. The Balaban J connectivity index is 1.22. The SMILES string of the molecule is O=C(CSc1nc(CC(=O)N2CCN(c3ccccc3Cl)CC2)cs1)Nc1ccc(F)cc1. The highest BCUT2D eigenvalue weighted by Crippen LogP contribution is 2.27. The number of halogens is 2. The number of nitrogens with one attached hydrogen (secondary N) is 1. The molecule has 0 bridgehead atoms. The first-order valence-corrected chi connectivity index (χ1v) is 12.6. The van der Waals surface area contributed by atoms with Gasteiger partial charge in [0.2, 0.25) is 11.8 Å². The van der Waals surface area contributed by atoms with E-state index in [1.807, 2.05) is 34.5 Å². The number of carbonyl (C=O) groups is 2. The van der Waals surface area contributed by atoms with Crippen molar-refractivity contribution in [1.82, 2.24) is 9.88 Å². The summed E-state index contributed by atoms with van der Waals surface area (Å²) in [5.41, 5.74) is 2.25. The van der Waals surface area contributed by atoms with E-state index in [1.165, 1.54) is 47.4 Å². The van der Waals surface area contributed by atoms with Gasteiger partial charge in [-0.15, -0.1) is 11.3 Å². The molecule has 0 spiro atoms. The van der Waals surface area contributed by atoms with E-state index in [0.29, 0.717) is 24.5 Å². The molecule has 1 aromatic heterocycles. The van der Waals surface area contributed by atoms with Crippen molar-refractivity contribution in [2.45, 2.75) is 10.8 Å². The quantitative estimate of drug-likeness (QED) is 0.478. The van der Waals surface area contributed by atoms with Crippen LogP contribution in [0.15, 0.2) is 58.3 Å². The van der Waals surface area contributed by atoms with Crippen molar-refractivity contribution in [1.29, 1.82) is 0 Å². The standard InChI is InChI=1S/C23H22ClFN4O2S2/c24-19-3-1-2-4-20(19)28-9-11-29(12-10-28)22(31)13-18-14-32-23(27-18)33-15-21(30)26-17-7-5-16(25)6-8-17/h1-8,14H,9-13,15H2,(H,26,30). The highest BCUT2D eigenvalue weighted by atomic mass is 35.5. The lowest BCUT2D eigenvalue weighted by Crippen LogP contribution is -2.49. The van der Waals surface area contributed by atoms with Crippen molar-refractivity contribution in [2.75, 3.05) is 42.1 Å². The van der Waals surface area contributed by atoms with Gasteiger partial charge in [-0.3, -0.25) is 9.59 Å². The lowest BCUT2D eigenvalue weighted by molar-refractivity contribution is -0.130. The van der Waals surface area contributed by atoms with Crippen LogP contribution in [0.3, 0.4) is 0 Å². The van der Waals surface area contributed by atoms with E-state index < -0.39 is 0 Å². The summed E-state index contributed by atoms with van der Waals surface area (Å²) in [7, 11) is 0. The molecule has 1 aliphatic rings. The van der Waals surface area contributed by atoms with Crippen LogP contribution in [0.1, 0.15) is 5.69 Å². The summed E-state index contributed by atoms with van der Waals surface area (Å²) in [5, 5.41) is 5.30. The molecule has 0 radical (unpaired) electrons. The van der Waals surface area contributed by atoms with Gasteiger partial charge in [0.25, 0.3) is 0 Å². The number of piperazine rings is 1. The summed E-state index contributed by atoms with van der Waals surface area (Å²) < 4.78 is 13.7. The molecule has 1 fully saturated rings. The summed E-state index contributed by atoms with van der Waals surface area (Å²) in [4.78, 5) is 33.4. The van der Waals surface area contributed by atoms with E-state index in [0.717, 1.165) is 28.1 Å². The summed E-state index contributed by atoms with van der Waals surface area (Å²) in [5.74, 6) is -0.322. The highest BCUT2D eigenvalue weighted by Gasteiger charge is 2.23. The minimum atomic E-state index is -0.352. The van der Waals surface area contributed by atoms with Gasteiger partial charge in [0, 0.05) is 37.2 Å². The molecule has 4 rings (SSSR count). The normalized spacial score (nSPS) is 13.8. The van der Waals surface area contributed by atoms with E-state index in [-0.39, 0.29) is 29.8 Å². The molecule has 1 aliphatic heterocycles. The number of aromatic nitrogens is 1. The number of thioether (sulfide) groups is 1. The van der Waals surface area contributed by atoms with Crippen molar-refractivity contribution >= 4 is 57.9 Å². The number of hydrogen-bond donors (Lipinski definition) is 1. The largest absolute Gasteiger partial charge is 0.367 e. The van der Waals surface area contributed by atoms with Gasteiger partial charge in [-0.25, -0.2) is 9.37 Å². The Kier molecular flexibility index (Phi) is 7.85. The summed E-state index contributed by atoms with van der Waals surface area (Å²) in [6.45, 7) is 2.74. The zero-order valence-electron chi connectivity index (χ0n) is 17.7. The molecule has 0 aliphatic carbocycles. The first-order valence-electron chi connectivity index (χ1n) is 10.4. The smallest absolute Gasteiger partial charge is 0.234 e. The van der Waals surface area contributed by atoms with Crippen molar-refractivity contribution in [3.63, 3.8) is 0 Å². The van der Waals surface area contributed by atoms with Crippen molar-refractivity contribution in [2.24, 2.45) is 0 Å². The molecular formula is C23H22ClFN4O2S2. The maximum absolute atomic E-state index is 12.9. The second-order valence-corrected chi connectivity index (χ2v) is 9.93. The molecule has 2 heterocycles. The van der Waals surface area contributed by atoms with Crippen LogP contribution in [0.5, 0.6) is 0 Å². The maximum Gasteiger partial charge on any atom is 0.234 e. The highest BCUT2D eigenvalue weighted by molar-refractivity contribution is 8.01. The number of thiazole rings is 1. The van der Waals surface area contributed by atoms with Crippen molar-refractivity contribution in [3.05, 3.63) is 70.4 Å².